The van der Waals surface area contributed by atoms with Crippen molar-refractivity contribution < 1.29 is 14.6 Å². The lowest BCUT2D eigenvalue weighted by Gasteiger charge is -2.09. The Morgan fingerprint density at radius 3 is 2.22 bits per heavy atom. The Labute approximate surface area is 105 Å². The van der Waals surface area contributed by atoms with Crippen LogP contribution in [-0.2, 0) is 6.61 Å². The van der Waals surface area contributed by atoms with Crippen molar-refractivity contribution in [1.29, 1.82) is 0 Å². The van der Waals surface area contributed by atoms with Gasteiger partial charge in [0.2, 0.25) is 0 Å². The molecule has 0 unspecified atom stereocenters. The number of nitrogens with zero attached hydrogens (tertiary/aromatic N) is 3. The molecule has 0 amide bonds. The van der Waals surface area contributed by atoms with Crippen LogP contribution in [0.5, 0.6) is 11.5 Å². The molecule has 1 aromatic carbocycles. The molecule has 0 radical (unpaired) electrons. The Balaban J connectivity index is 2.52. The molecule has 1 aromatic heterocycles. The Hall–Kier alpha value is -2.08. The fourth-order valence-electron chi connectivity index (χ4n) is 1.67. The summed E-state index contributed by atoms with van der Waals surface area (Å²) in [6.45, 7) is 1.71. The zero-order valence-electron chi connectivity index (χ0n) is 10.5. The minimum absolute atomic E-state index is 0.132. The molecule has 0 atom stereocenters. The number of ether oxygens (including phenoxy) is 2. The van der Waals surface area contributed by atoms with Crippen LogP contribution in [0, 0.1) is 6.92 Å². The summed E-state index contributed by atoms with van der Waals surface area (Å²) in [6.07, 6.45) is 0. The number of aliphatic hydroxyl groups excluding tert-OH is 1. The predicted octanol–water partition coefficient (Wildman–Crippen LogP) is 1.09. The molecular weight excluding hydrogens is 234 g/mol. The van der Waals surface area contributed by atoms with E-state index >= 15 is 0 Å². The van der Waals surface area contributed by atoms with Crippen LogP contribution in [0.15, 0.2) is 18.2 Å². The number of rotatable bonds is 4. The van der Waals surface area contributed by atoms with Crippen LogP contribution in [0.2, 0.25) is 0 Å². The molecule has 2 rings (SSSR count). The monoisotopic (exact) mass is 249 g/mol. The summed E-state index contributed by atoms with van der Waals surface area (Å²) in [5, 5.41) is 17.0. The molecule has 1 heterocycles. The lowest BCUT2D eigenvalue weighted by Crippen LogP contribution is -2.01. The minimum atomic E-state index is -0.132. The fourth-order valence-corrected chi connectivity index (χ4v) is 1.67. The summed E-state index contributed by atoms with van der Waals surface area (Å²) >= 11 is 0. The first-order valence-electron chi connectivity index (χ1n) is 5.45. The van der Waals surface area contributed by atoms with Crippen LogP contribution >= 0.6 is 0 Å². The lowest BCUT2D eigenvalue weighted by atomic mass is 10.2. The molecule has 0 saturated carbocycles. The fraction of sp³-hybridized carbons (Fsp3) is 0.333. The SMILES string of the molecule is COc1cc(OC)cc(-n2nnc(CO)c2C)c1. The van der Waals surface area contributed by atoms with Crippen LogP contribution in [0.3, 0.4) is 0 Å². The summed E-state index contributed by atoms with van der Waals surface area (Å²) in [5.74, 6) is 1.34. The summed E-state index contributed by atoms with van der Waals surface area (Å²) < 4.78 is 12.0. The number of methoxy groups -OCH3 is 2. The zero-order valence-corrected chi connectivity index (χ0v) is 10.5. The van der Waals surface area contributed by atoms with Crippen molar-refractivity contribution in [3.05, 3.63) is 29.6 Å². The van der Waals surface area contributed by atoms with E-state index in [1.165, 1.54) is 0 Å². The summed E-state index contributed by atoms with van der Waals surface area (Å²) in [5.41, 5.74) is 2.11. The maximum absolute atomic E-state index is 9.11. The molecule has 0 aliphatic carbocycles. The van der Waals surface area contributed by atoms with Gasteiger partial charge in [-0.2, -0.15) is 0 Å². The quantitative estimate of drug-likeness (QED) is 0.878. The van der Waals surface area contributed by atoms with Gasteiger partial charge < -0.3 is 14.6 Å². The number of aliphatic hydroxyl groups is 1. The van der Waals surface area contributed by atoms with Gasteiger partial charge in [-0.05, 0) is 6.92 Å². The number of benzene rings is 1. The average molecular weight is 249 g/mol. The topological polar surface area (TPSA) is 69.4 Å². The number of hydrogen-bond donors (Lipinski definition) is 1. The van der Waals surface area contributed by atoms with Crippen molar-refractivity contribution in [2.24, 2.45) is 0 Å². The molecule has 18 heavy (non-hydrogen) atoms. The molecule has 6 heteroatoms. The first-order chi connectivity index (χ1) is 8.69. The normalized spacial score (nSPS) is 10.4. The van der Waals surface area contributed by atoms with E-state index in [9.17, 15) is 0 Å². The van der Waals surface area contributed by atoms with Gasteiger partial charge in [-0.3, -0.25) is 0 Å². The van der Waals surface area contributed by atoms with E-state index < -0.39 is 0 Å². The molecule has 0 aliphatic heterocycles. The van der Waals surface area contributed by atoms with Crippen LogP contribution in [0.1, 0.15) is 11.4 Å². The molecule has 0 fully saturated rings. The van der Waals surface area contributed by atoms with Crippen molar-refractivity contribution in [3.63, 3.8) is 0 Å². The van der Waals surface area contributed by atoms with Crippen LogP contribution in [-0.4, -0.2) is 34.3 Å². The number of aromatic nitrogens is 3. The molecule has 0 bridgehead atoms. The molecule has 2 aromatic rings. The van der Waals surface area contributed by atoms with Crippen LogP contribution in [0.4, 0.5) is 0 Å². The standard InChI is InChI=1S/C12H15N3O3/c1-8-12(7-16)13-14-15(8)9-4-10(17-2)6-11(5-9)18-3/h4-6,16H,7H2,1-3H3. The molecule has 1 N–H and O–H groups in total. The van der Waals surface area contributed by atoms with E-state index in [1.54, 1.807) is 25.0 Å². The van der Waals surface area contributed by atoms with E-state index in [1.807, 2.05) is 19.1 Å². The highest BCUT2D eigenvalue weighted by Gasteiger charge is 2.11. The van der Waals surface area contributed by atoms with Gasteiger partial charge in [0.05, 0.1) is 32.2 Å². The van der Waals surface area contributed by atoms with Gasteiger partial charge in [0.1, 0.15) is 17.2 Å². The highest BCUT2D eigenvalue weighted by Crippen LogP contribution is 2.25. The highest BCUT2D eigenvalue weighted by atomic mass is 16.5. The maximum Gasteiger partial charge on any atom is 0.124 e. The Morgan fingerprint density at radius 2 is 1.78 bits per heavy atom. The average Bonchev–Trinajstić information content (AvgIpc) is 2.79. The Bertz CT molecular complexity index is 529. The Morgan fingerprint density at radius 1 is 1.17 bits per heavy atom. The summed E-state index contributed by atoms with van der Waals surface area (Å²) in [4.78, 5) is 0. The van der Waals surface area contributed by atoms with Crippen LogP contribution < -0.4 is 9.47 Å². The van der Waals surface area contributed by atoms with E-state index in [2.05, 4.69) is 10.3 Å². The van der Waals surface area contributed by atoms with Crippen LogP contribution in [0.25, 0.3) is 5.69 Å². The first kappa shape index (κ1) is 12.4. The summed E-state index contributed by atoms with van der Waals surface area (Å²) in [6, 6.07) is 5.43. The van der Waals surface area contributed by atoms with Crippen molar-refractivity contribution in [2.45, 2.75) is 13.5 Å². The second kappa shape index (κ2) is 5.05. The van der Waals surface area contributed by atoms with Crippen molar-refractivity contribution >= 4 is 0 Å². The van der Waals surface area contributed by atoms with Gasteiger partial charge in [0, 0.05) is 18.2 Å². The van der Waals surface area contributed by atoms with Gasteiger partial charge in [-0.1, -0.05) is 5.21 Å². The van der Waals surface area contributed by atoms with Crippen molar-refractivity contribution in [1.82, 2.24) is 15.0 Å². The van der Waals surface area contributed by atoms with Gasteiger partial charge in [-0.15, -0.1) is 5.10 Å². The molecule has 0 spiro atoms. The third kappa shape index (κ3) is 2.14. The van der Waals surface area contributed by atoms with E-state index in [-0.39, 0.29) is 6.61 Å². The van der Waals surface area contributed by atoms with Gasteiger partial charge in [0.25, 0.3) is 0 Å². The third-order valence-corrected chi connectivity index (χ3v) is 2.72. The van der Waals surface area contributed by atoms with Gasteiger partial charge in [-0.25, -0.2) is 4.68 Å². The molecule has 0 saturated heterocycles. The molecule has 0 aliphatic rings. The molecule has 96 valence electrons. The lowest BCUT2D eigenvalue weighted by molar-refractivity contribution is 0.276. The van der Waals surface area contributed by atoms with Gasteiger partial charge in [0.15, 0.2) is 0 Å². The Kier molecular flexibility index (Phi) is 3.47. The van der Waals surface area contributed by atoms with Gasteiger partial charge >= 0.3 is 0 Å². The third-order valence-electron chi connectivity index (χ3n) is 2.72. The van der Waals surface area contributed by atoms with E-state index in [4.69, 9.17) is 14.6 Å². The van der Waals surface area contributed by atoms with Crippen molar-refractivity contribution in [2.75, 3.05) is 14.2 Å². The van der Waals surface area contributed by atoms with E-state index in [0.717, 1.165) is 11.4 Å². The maximum atomic E-state index is 9.11. The molecular formula is C12H15N3O3. The highest BCUT2D eigenvalue weighted by molar-refractivity contribution is 5.46. The minimum Gasteiger partial charge on any atom is -0.497 e. The van der Waals surface area contributed by atoms with E-state index in [0.29, 0.717) is 17.2 Å². The second-order valence-electron chi connectivity index (χ2n) is 3.76. The first-order valence-corrected chi connectivity index (χ1v) is 5.45. The number of hydrogen-bond acceptors (Lipinski definition) is 5. The largest absolute Gasteiger partial charge is 0.497 e. The second-order valence-corrected chi connectivity index (χ2v) is 3.76. The molecule has 6 nitrogen and oxygen atoms in total. The smallest absolute Gasteiger partial charge is 0.124 e. The summed E-state index contributed by atoms with van der Waals surface area (Å²) in [7, 11) is 3.18. The zero-order chi connectivity index (χ0) is 13.1. The van der Waals surface area contributed by atoms with Crippen molar-refractivity contribution in [3.8, 4) is 17.2 Å². The predicted molar refractivity (Wildman–Crippen MR) is 65.1 cm³/mol.